The van der Waals surface area contributed by atoms with Gasteiger partial charge in [-0.1, -0.05) is 5.21 Å². The summed E-state index contributed by atoms with van der Waals surface area (Å²) >= 11 is 0. The summed E-state index contributed by atoms with van der Waals surface area (Å²) in [5, 5.41) is 13.2. The summed E-state index contributed by atoms with van der Waals surface area (Å²) in [6.07, 6.45) is 11.6. The Morgan fingerprint density at radius 1 is 1.18 bits per heavy atom. The zero-order chi connectivity index (χ0) is 22.0. The lowest BCUT2D eigenvalue weighted by molar-refractivity contribution is -0.209. The smallest absolute Gasteiger partial charge is 0.115 e. The highest BCUT2D eigenvalue weighted by molar-refractivity contribution is 5.80. The molecule has 0 radical (unpaired) electrons. The molecule has 3 saturated carbocycles. The van der Waals surface area contributed by atoms with Crippen LogP contribution in [-0.2, 0) is 13.1 Å². The van der Waals surface area contributed by atoms with E-state index in [1.54, 1.807) is 11.0 Å². The molecule has 0 atom stereocenters. The minimum atomic E-state index is -0.831. The third kappa shape index (κ3) is 3.14. The summed E-state index contributed by atoms with van der Waals surface area (Å²) in [6.45, 7) is 2.17. The van der Waals surface area contributed by atoms with E-state index in [1.165, 1.54) is 0 Å². The fourth-order valence-corrected chi connectivity index (χ4v) is 5.65. The van der Waals surface area contributed by atoms with Crippen LogP contribution in [-0.4, -0.2) is 46.6 Å². The van der Waals surface area contributed by atoms with Gasteiger partial charge in [0.15, 0.2) is 0 Å². The average molecular weight is 443 g/mol. The van der Waals surface area contributed by atoms with Crippen molar-refractivity contribution in [1.82, 2.24) is 39.7 Å². The van der Waals surface area contributed by atoms with Crippen LogP contribution in [0.15, 0.2) is 55.4 Å². The number of nitrogens with zero attached hydrogens (tertiary/aromatic N) is 6. The minimum absolute atomic E-state index is 0.218. The van der Waals surface area contributed by atoms with Gasteiger partial charge in [0.1, 0.15) is 11.4 Å². The number of nitrogens with one attached hydrogen (secondary N) is 2. The number of halogens is 1. The summed E-state index contributed by atoms with van der Waals surface area (Å²) in [4.78, 5) is 12.3. The van der Waals surface area contributed by atoms with Crippen molar-refractivity contribution >= 4 is 16.4 Å². The Hall–Kier alpha value is -3.59. The molecule has 9 heteroatoms. The molecule has 5 aromatic heterocycles. The zero-order valence-electron chi connectivity index (χ0n) is 18.0. The highest BCUT2D eigenvalue weighted by Crippen LogP contribution is 2.69. The molecule has 5 heterocycles. The molecule has 2 bridgehead atoms. The fraction of sp³-hybridized carbons (Fsp3) is 0.333. The number of hydrogen-bond donors (Lipinski definition) is 2. The van der Waals surface area contributed by atoms with Crippen LogP contribution in [0.25, 0.3) is 27.7 Å². The first-order chi connectivity index (χ1) is 16.1. The molecule has 33 heavy (non-hydrogen) atoms. The minimum Gasteiger partial charge on any atom is -0.357 e. The Labute approximate surface area is 188 Å². The zero-order valence-corrected chi connectivity index (χ0v) is 18.0. The predicted molar refractivity (Wildman–Crippen MR) is 121 cm³/mol. The summed E-state index contributed by atoms with van der Waals surface area (Å²) < 4.78 is 17.4. The number of fused-ring (bicyclic) bond motifs is 2. The Morgan fingerprint density at radius 3 is 2.97 bits per heavy atom. The fourth-order valence-electron chi connectivity index (χ4n) is 5.65. The normalized spacial score (nSPS) is 23.7. The second kappa shape index (κ2) is 6.71. The molecule has 2 N–H and O–H groups in total. The molecule has 8 nitrogen and oxygen atoms in total. The van der Waals surface area contributed by atoms with Crippen molar-refractivity contribution in [2.45, 2.75) is 38.0 Å². The lowest BCUT2D eigenvalue weighted by atomic mass is 9.42. The monoisotopic (exact) mass is 442 g/mol. The van der Waals surface area contributed by atoms with Crippen LogP contribution >= 0.6 is 0 Å². The van der Waals surface area contributed by atoms with E-state index < -0.39 is 5.67 Å². The number of alkyl halides is 1. The quantitative estimate of drug-likeness (QED) is 0.403. The van der Waals surface area contributed by atoms with E-state index >= 15 is 0 Å². The van der Waals surface area contributed by atoms with Crippen LogP contribution in [0.2, 0.25) is 0 Å². The maximum Gasteiger partial charge on any atom is 0.115 e. The highest BCUT2D eigenvalue weighted by Gasteiger charge is 2.68. The third-order valence-electron chi connectivity index (χ3n) is 7.10. The van der Waals surface area contributed by atoms with Gasteiger partial charge in [-0.3, -0.25) is 4.98 Å². The average Bonchev–Trinajstić information content (AvgIpc) is 3.50. The molecular weight excluding hydrogens is 419 g/mol. The Morgan fingerprint density at radius 2 is 2.09 bits per heavy atom. The SMILES string of the molecule is FC12CC(CNCc3cc4cnc(Cn5cc(-c6cccn7cncc67)nn5)cc4[nH]3)(C1)C2. The van der Waals surface area contributed by atoms with Crippen LogP contribution in [0.4, 0.5) is 4.39 Å². The second-order valence-electron chi connectivity index (χ2n) is 9.75. The van der Waals surface area contributed by atoms with Crippen LogP contribution < -0.4 is 5.32 Å². The van der Waals surface area contributed by atoms with Crippen molar-refractivity contribution in [3.63, 3.8) is 0 Å². The number of aromatic nitrogens is 7. The van der Waals surface area contributed by atoms with E-state index in [0.29, 0.717) is 6.54 Å². The van der Waals surface area contributed by atoms with Gasteiger partial charge in [-0.2, -0.15) is 0 Å². The summed E-state index contributed by atoms with van der Waals surface area (Å²) in [5.41, 5.74) is 5.25. The van der Waals surface area contributed by atoms with Gasteiger partial charge in [-0.15, -0.1) is 5.10 Å². The van der Waals surface area contributed by atoms with Crippen molar-refractivity contribution in [2.75, 3.05) is 6.54 Å². The molecule has 3 fully saturated rings. The van der Waals surface area contributed by atoms with Gasteiger partial charge < -0.3 is 14.7 Å². The van der Waals surface area contributed by atoms with Crippen LogP contribution in [0.1, 0.15) is 30.7 Å². The van der Waals surface area contributed by atoms with Crippen molar-refractivity contribution in [1.29, 1.82) is 0 Å². The first kappa shape index (κ1) is 18.9. The van der Waals surface area contributed by atoms with Gasteiger partial charge in [0, 0.05) is 47.6 Å². The number of rotatable bonds is 7. The number of imidazole rings is 1. The van der Waals surface area contributed by atoms with Crippen LogP contribution in [0.5, 0.6) is 0 Å². The first-order valence-electron chi connectivity index (χ1n) is 11.2. The van der Waals surface area contributed by atoms with Gasteiger partial charge in [-0.25, -0.2) is 14.1 Å². The third-order valence-corrected chi connectivity index (χ3v) is 7.10. The molecule has 5 aromatic rings. The Kier molecular flexibility index (Phi) is 3.85. The molecule has 8 rings (SSSR count). The van der Waals surface area contributed by atoms with Crippen molar-refractivity contribution < 1.29 is 4.39 Å². The largest absolute Gasteiger partial charge is 0.357 e. The lowest BCUT2D eigenvalue weighted by Crippen LogP contribution is -2.67. The molecule has 0 aromatic carbocycles. The molecule has 3 aliphatic carbocycles. The maximum absolute atomic E-state index is 13.7. The molecular formula is C24H23FN8. The van der Waals surface area contributed by atoms with E-state index in [4.69, 9.17) is 0 Å². The molecule has 166 valence electrons. The van der Waals surface area contributed by atoms with Gasteiger partial charge >= 0.3 is 0 Å². The predicted octanol–water partition coefficient (Wildman–Crippen LogP) is 3.50. The summed E-state index contributed by atoms with van der Waals surface area (Å²) in [5.74, 6) is 0. The number of aromatic amines is 1. The summed E-state index contributed by atoms with van der Waals surface area (Å²) in [7, 11) is 0. The summed E-state index contributed by atoms with van der Waals surface area (Å²) in [6, 6.07) is 8.18. The number of H-pyrrole nitrogens is 1. The molecule has 0 unspecified atom stereocenters. The molecule has 3 aliphatic rings. The van der Waals surface area contributed by atoms with Crippen molar-refractivity contribution in [3.8, 4) is 11.3 Å². The second-order valence-corrected chi connectivity index (χ2v) is 9.75. The first-order valence-corrected chi connectivity index (χ1v) is 11.2. The number of hydrogen-bond acceptors (Lipinski definition) is 5. The van der Waals surface area contributed by atoms with E-state index in [1.807, 2.05) is 41.3 Å². The van der Waals surface area contributed by atoms with Crippen molar-refractivity contribution in [2.24, 2.45) is 5.41 Å². The topological polar surface area (TPSA) is 88.7 Å². The molecule has 0 aliphatic heterocycles. The van der Waals surface area contributed by atoms with Gasteiger partial charge in [0.25, 0.3) is 0 Å². The van der Waals surface area contributed by atoms with Crippen molar-refractivity contribution in [3.05, 3.63) is 66.8 Å². The Bertz CT molecular complexity index is 1470. The van der Waals surface area contributed by atoms with Crippen LogP contribution in [0.3, 0.4) is 0 Å². The van der Waals surface area contributed by atoms with E-state index in [9.17, 15) is 4.39 Å². The molecule has 0 spiro atoms. The lowest BCUT2D eigenvalue weighted by Gasteiger charge is -2.66. The van der Waals surface area contributed by atoms with E-state index in [2.05, 4.69) is 42.7 Å². The number of pyridine rings is 2. The van der Waals surface area contributed by atoms with Gasteiger partial charge in [0.05, 0.1) is 36.5 Å². The van der Waals surface area contributed by atoms with E-state index in [0.717, 1.165) is 71.4 Å². The molecule has 0 saturated heterocycles. The highest BCUT2D eigenvalue weighted by atomic mass is 19.1. The molecule has 0 amide bonds. The van der Waals surface area contributed by atoms with Gasteiger partial charge in [-0.05, 0) is 48.9 Å². The van der Waals surface area contributed by atoms with Crippen LogP contribution in [0, 0.1) is 5.41 Å². The van der Waals surface area contributed by atoms with Gasteiger partial charge in [0.2, 0.25) is 0 Å². The standard InChI is InChI=1S/C24H23FN8/c25-24-11-23(12-24,13-24)14-26-7-17-4-16-6-28-18(5-20(16)29-17)9-33-10-21(30-31-33)19-2-1-3-32-15-27-8-22(19)32/h1-6,8,10,15,26,29H,7,9,11-14H2. The van der Waals surface area contributed by atoms with E-state index in [-0.39, 0.29) is 5.41 Å². The maximum atomic E-state index is 13.7. The Balaban J connectivity index is 1.05.